The van der Waals surface area contributed by atoms with Crippen LogP contribution in [0.1, 0.15) is 17.7 Å². The molecule has 0 aliphatic carbocycles. The number of nitrogens with zero attached hydrogens (tertiary/aromatic N) is 1. The Morgan fingerprint density at radius 2 is 2.08 bits per heavy atom. The maximum absolute atomic E-state index is 12.4. The smallest absolute Gasteiger partial charge is 0.242 e. The average molecular weight is 394 g/mol. The van der Waals surface area contributed by atoms with Crippen molar-refractivity contribution in [2.45, 2.75) is 25.4 Å². The molecule has 26 heavy (non-hydrogen) atoms. The summed E-state index contributed by atoms with van der Waals surface area (Å²) in [5.41, 5.74) is 3.41. The van der Waals surface area contributed by atoms with Gasteiger partial charge < -0.3 is 15.4 Å². The fourth-order valence-electron chi connectivity index (χ4n) is 2.30. The highest BCUT2D eigenvalue weighted by molar-refractivity contribution is 7.98. The first-order valence-corrected chi connectivity index (χ1v) is 10.5. The van der Waals surface area contributed by atoms with E-state index < -0.39 is 6.04 Å². The molecule has 1 atom stereocenters. The van der Waals surface area contributed by atoms with Crippen LogP contribution in [-0.4, -0.2) is 42.0 Å². The SMILES string of the molecule is COc1ccc(CC(=O)N[C@@H](CCSC)C(=O)NCc2cscn2)cc1. The van der Waals surface area contributed by atoms with E-state index in [9.17, 15) is 9.59 Å². The van der Waals surface area contributed by atoms with E-state index >= 15 is 0 Å². The van der Waals surface area contributed by atoms with E-state index in [4.69, 9.17) is 4.74 Å². The Balaban J connectivity index is 1.89. The predicted octanol–water partition coefficient (Wildman–Crippen LogP) is 2.25. The number of thiazole rings is 1. The van der Waals surface area contributed by atoms with Gasteiger partial charge in [-0.15, -0.1) is 11.3 Å². The van der Waals surface area contributed by atoms with Crippen molar-refractivity contribution in [3.05, 3.63) is 46.4 Å². The predicted molar refractivity (Wildman–Crippen MR) is 106 cm³/mol. The van der Waals surface area contributed by atoms with E-state index in [1.165, 1.54) is 11.3 Å². The summed E-state index contributed by atoms with van der Waals surface area (Å²) in [6.45, 7) is 0.368. The molecule has 0 spiro atoms. The van der Waals surface area contributed by atoms with Crippen molar-refractivity contribution in [3.8, 4) is 5.75 Å². The lowest BCUT2D eigenvalue weighted by atomic mass is 10.1. The van der Waals surface area contributed by atoms with Crippen molar-refractivity contribution in [1.29, 1.82) is 0 Å². The normalized spacial score (nSPS) is 11.6. The van der Waals surface area contributed by atoms with Gasteiger partial charge in [0.2, 0.25) is 11.8 Å². The Labute approximate surface area is 161 Å². The first-order chi connectivity index (χ1) is 12.6. The summed E-state index contributed by atoms with van der Waals surface area (Å²) in [4.78, 5) is 28.9. The standard InChI is InChI=1S/C18H23N3O3S2/c1-24-15-5-3-13(4-6-15)9-17(22)21-16(7-8-25-2)18(23)19-10-14-11-26-12-20-14/h3-6,11-12,16H,7-10H2,1-2H3,(H,19,23)(H,21,22)/t16-/m0/s1. The molecule has 0 aliphatic rings. The number of methoxy groups -OCH3 is 1. The van der Waals surface area contributed by atoms with Gasteiger partial charge in [0.1, 0.15) is 11.8 Å². The molecule has 0 unspecified atom stereocenters. The van der Waals surface area contributed by atoms with E-state index in [1.807, 2.05) is 35.9 Å². The van der Waals surface area contributed by atoms with E-state index in [-0.39, 0.29) is 18.2 Å². The lowest BCUT2D eigenvalue weighted by molar-refractivity contribution is -0.128. The zero-order valence-electron chi connectivity index (χ0n) is 14.9. The monoisotopic (exact) mass is 393 g/mol. The molecule has 140 valence electrons. The van der Waals surface area contributed by atoms with Gasteiger partial charge in [-0.25, -0.2) is 4.98 Å². The minimum Gasteiger partial charge on any atom is -0.497 e. The average Bonchev–Trinajstić information content (AvgIpc) is 3.17. The minimum absolute atomic E-state index is 0.176. The highest BCUT2D eigenvalue weighted by atomic mass is 32.2. The Hall–Kier alpha value is -2.06. The Morgan fingerprint density at radius 1 is 1.31 bits per heavy atom. The molecule has 0 bridgehead atoms. The third-order valence-electron chi connectivity index (χ3n) is 3.71. The Bertz CT molecular complexity index is 690. The number of nitrogens with one attached hydrogen (secondary N) is 2. The summed E-state index contributed by atoms with van der Waals surface area (Å²) in [7, 11) is 1.60. The zero-order valence-corrected chi connectivity index (χ0v) is 16.5. The molecule has 0 radical (unpaired) electrons. The van der Waals surface area contributed by atoms with Crippen molar-refractivity contribution in [1.82, 2.24) is 15.6 Å². The van der Waals surface area contributed by atoms with Crippen LogP contribution in [0.4, 0.5) is 0 Å². The quantitative estimate of drug-likeness (QED) is 0.647. The molecular formula is C18H23N3O3S2. The maximum atomic E-state index is 12.4. The number of carbonyl (C=O) groups excluding carboxylic acids is 2. The summed E-state index contributed by atoms with van der Waals surface area (Å²) in [6, 6.07) is 6.77. The van der Waals surface area contributed by atoms with Gasteiger partial charge in [0.05, 0.1) is 31.3 Å². The molecule has 2 rings (SSSR count). The van der Waals surface area contributed by atoms with E-state index in [0.29, 0.717) is 13.0 Å². The van der Waals surface area contributed by atoms with Gasteiger partial charge in [0.25, 0.3) is 0 Å². The fraction of sp³-hybridized carbons (Fsp3) is 0.389. The van der Waals surface area contributed by atoms with Crippen molar-refractivity contribution in [3.63, 3.8) is 0 Å². The number of ether oxygens (including phenoxy) is 1. The van der Waals surface area contributed by atoms with Crippen LogP contribution in [0.25, 0.3) is 0 Å². The molecule has 1 heterocycles. The number of thioether (sulfide) groups is 1. The first-order valence-electron chi connectivity index (χ1n) is 8.18. The summed E-state index contributed by atoms with van der Waals surface area (Å²) >= 11 is 3.13. The van der Waals surface area contributed by atoms with Crippen LogP contribution < -0.4 is 15.4 Å². The number of aromatic nitrogens is 1. The van der Waals surface area contributed by atoms with Crippen molar-refractivity contribution < 1.29 is 14.3 Å². The maximum Gasteiger partial charge on any atom is 0.242 e. The molecule has 8 heteroatoms. The molecule has 0 saturated heterocycles. The number of hydrogen-bond acceptors (Lipinski definition) is 6. The van der Waals surface area contributed by atoms with Crippen LogP contribution in [0.5, 0.6) is 5.75 Å². The van der Waals surface area contributed by atoms with E-state index in [0.717, 1.165) is 22.8 Å². The van der Waals surface area contributed by atoms with Crippen LogP contribution in [0.15, 0.2) is 35.2 Å². The first kappa shape index (κ1) is 20.3. The second kappa shape index (κ2) is 10.8. The lowest BCUT2D eigenvalue weighted by Crippen LogP contribution is -2.47. The Kier molecular flexibility index (Phi) is 8.43. The highest BCUT2D eigenvalue weighted by Gasteiger charge is 2.20. The largest absolute Gasteiger partial charge is 0.497 e. The van der Waals surface area contributed by atoms with Crippen LogP contribution in [0, 0.1) is 0 Å². The zero-order chi connectivity index (χ0) is 18.8. The van der Waals surface area contributed by atoms with Gasteiger partial charge in [-0.3, -0.25) is 9.59 Å². The lowest BCUT2D eigenvalue weighted by Gasteiger charge is -2.18. The second-order valence-corrected chi connectivity index (χ2v) is 7.33. The van der Waals surface area contributed by atoms with Gasteiger partial charge >= 0.3 is 0 Å². The third kappa shape index (κ3) is 6.68. The van der Waals surface area contributed by atoms with Crippen molar-refractivity contribution in [2.75, 3.05) is 19.1 Å². The van der Waals surface area contributed by atoms with Crippen molar-refractivity contribution in [2.24, 2.45) is 0 Å². The molecule has 2 amide bonds. The highest BCUT2D eigenvalue weighted by Crippen LogP contribution is 2.12. The number of benzene rings is 1. The second-order valence-electron chi connectivity index (χ2n) is 5.62. The summed E-state index contributed by atoms with van der Waals surface area (Å²) < 4.78 is 5.11. The van der Waals surface area contributed by atoms with Crippen LogP contribution >= 0.6 is 23.1 Å². The van der Waals surface area contributed by atoms with Gasteiger partial charge in [0.15, 0.2) is 0 Å². The summed E-state index contributed by atoms with van der Waals surface area (Å²) in [6.07, 6.45) is 2.78. The molecule has 2 aromatic rings. The molecule has 0 fully saturated rings. The Morgan fingerprint density at radius 3 is 2.69 bits per heavy atom. The molecule has 6 nitrogen and oxygen atoms in total. The van der Waals surface area contributed by atoms with E-state index in [2.05, 4.69) is 15.6 Å². The molecule has 1 aromatic heterocycles. The molecule has 1 aromatic carbocycles. The van der Waals surface area contributed by atoms with Crippen molar-refractivity contribution >= 4 is 34.9 Å². The molecule has 0 aliphatic heterocycles. The molecule has 2 N–H and O–H groups in total. The van der Waals surface area contributed by atoms with Gasteiger partial charge in [-0.05, 0) is 36.1 Å². The summed E-state index contributed by atoms with van der Waals surface area (Å²) in [5, 5.41) is 7.58. The van der Waals surface area contributed by atoms with E-state index in [1.54, 1.807) is 24.4 Å². The minimum atomic E-state index is -0.549. The number of rotatable bonds is 10. The number of amides is 2. The third-order valence-corrected chi connectivity index (χ3v) is 4.99. The number of carbonyl (C=O) groups is 2. The van der Waals surface area contributed by atoms with Gasteiger partial charge in [-0.2, -0.15) is 11.8 Å². The van der Waals surface area contributed by atoms with Crippen LogP contribution in [-0.2, 0) is 22.6 Å². The van der Waals surface area contributed by atoms with Gasteiger partial charge in [0, 0.05) is 5.38 Å². The van der Waals surface area contributed by atoms with Crippen LogP contribution in [0.2, 0.25) is 0 Å². The molecular weight excluding hydrogens is 370 g/mol. The fourth-order valence-corrected chi connectivity index (χ4v) is 3.33. The molecule has 0 saturated carbocycles. The van der Waals surface area contributed by atoms with Crippen LogP contribution in [0.3, 0.4) is 0 Å². The van der Waals surface area contributed by atoms with Gasteiger partial charge in [-0.1, -0.05) is 12.1 Å². The number of hydrogen-bond donors (Lipinski definition) is 2. The summed E-state index contributed by atoms with van der Waals surface area (Å²) in [5.74, 6) is 1.17. The topological polar surface area (TPSA) is 80.3 Å².